The smallest absolute Gasteiger partial charge is 0.146 e. The van der Waals surface area contributed by atoms with Gasteiger partial charge in [0.05, 0.1) is 25.0 Å². The third-order valence-electron chi connectivity index (χ3n) is 4.23. The number of benzene rings is 1. The molecule has 1 aromatic rings. The van der Waals surface area contributed by atoms with Crippen molar-refractivity contribution in [2.75, 3.05) is 24.7 Å². The molecule has 1 aliphatic heterocycles. The molecular weight excluding hydrogens is 271 g/mol. The molecule has 0 bridgehead atoms. The summed E-state index contributed by atoms with van der Waals surface area (Å²) in [6.07, 6.45) is 2.18. The van der Waals surface area contributed by atoms with E-state index in [0.717, 1.165) is 5.56 Å². The van der Waals surface area contributed by atoms with Crippen LogP contribution >= 0.6 is 0 Å². The number of nitrogens with one attached hydrogen (secondary N) is 1. The summed E-state index contributed by atoms with van der Waals surface area (Å²) in [4.78, 5) is 2.03. The van der Waals surface area contributed by atoms with Crippen LogP contribution < -0.4 is 10.2 Å². The summed E-state index contributed by atoms with van der Waals surface area (Å²) < 4.78 is 20.0. The molecule has 2 N–H and O–H groups in total. The molecule has 21 heavy (non-hydrogen) atoms. The van der Waals surface area contributed by atoms with Crippen LogP contribution in [0.2, 0.25) is 0 Å². The van der Waals surface area contributed by atoms with Gasteiger partial charge in [-0.25, -0.2) is 4.39 Å². The minimum Gasteiger partial charge on any atom is -0.394 e. The van der Waals surface area contributed by atoms with Crippen LogP contribution in [-0.2, 0) is 11.3 Å². The SMILES string of the molecule is CC1COC(CO)CN1c1c(F)cccc1CNC1CC1. The van der Waals surface area contributed by atoms with Gasteiger partial charge in [0.15, 0.2) is 0 Å². The van der Waals surface area contributed by atoms with E-state index in [4.69, 9.17) is 4.74 Å². The van der Waals surface area contributed by atoms with E-state index in [-0.39, 0.29) is 24.6 Å². The molecule has 4 nitrogen and oxygen atoms in total. The van der Waals surface area contributed by atoms with Crippen molar-refractivity contribution in [3.05, 3.63) is 29.6 Å². The summed E-state index contributed by atoms with van der Waals surface area (Å²) in [6, 6.07) is 5.94. The maximum Gasteiger partial charge on any atom is 0.146 e. The lowest BCUT2D eigenvalue weighted by molar-refractivity contribution is -0.0105. The van der Waals surface area contributed by atoms with Gasteiger partial charge in [-0.3, -0.25) is 0 Å². The number of aliphatic hydroxyl groups excluding tert-OH is 1. The number of rotatable bonds is 5. The van der Waals surface area contributed by atoms with E-state index in [1.807, 2.05) is 17.9 Å². The van der Waals surface area contributed by atoms with Gasteiger partial charge in [0.2, 0.25) is 0 Å². The topological polar surface area (TPSA) is 44.7 Å². The van der Waals surface area contributed by atoms with Gasteiger partial charge in [0, 0.05) is 25.2 Å². The van der Waals surface area contributed by atoms with Crippen LogP contribution in [0.3, 0.4) is 0 Å². The van der Waals surface area contributed by atoms with Crippen LogP contribution in [0.5, 0.6) is 0 Å². The number of hydrogen-bond acceptors (Lipinski definition) is 4. The average Bonchev–Trinajstić information content (AvgIpc) is 3.30. The zero-order chi connectivity index (χ0) is 14.8. The van der Waals surface area contributed by atoms with Crippen molar-refractivity contribution in [3.63, 3.8) is 0 Å². The fourth-order valence-corrected chi connectivity index (χ4v) is 2.81. The minimum absolute atomic E-state index is 0.0344. The second-order valence-corrected chi connectivity index (χ2v) is 6.04. The lowest BCUT2D eigenvalue weighted by Crippen LogP contribution is -2.50. The minimum atomic E-state index is -0.245. The Bertz CT molecular complexity index is 493. The van der Waals surface area contributed by atoms with Crippen molar-refractivity contribution < 1.29 is 14.2 Å². The van der Waals surface area contributed by atoms with Gasteiger partial charge in [-0.05, 0) is 31.4 Å². The molecular formula is C16H23FN2O2. The van der Waals surface area contributed by atoms with Gasteiger partial charge in [-0.2, -0.15) is 0 Å². The first kappa shape index (κ1) is 14.8. The lowest BCUT2D eigenvalue weighted by atomic mass is 10.1. The van der Waals surface area contributed by atoms with Gasteiger partial charge < -0.3 is 20.1 Å². The molecule has 1 aromatic carbocycles. The molecule has 0 spiro atoms. The summed E-state index contributed by atoms with van der Waals surface area (Å²) in [5, 5.41) is 12.8. The quantitative estimate of drug-likeness (QED) is 0.867. The monoisotopic (exact) mass is 294 g/mol. The van der Waals surface area contributed by atoms with E-state index in [1.165, 1.54) is 18.9 Å². The lowest BCUT2D eigenvalue weighted by Gasteiger charge is -2.40. The summed E-state index contributed by atoms with van der Waals surface area (Å²) in [5.41, 5.74) is 1.63. The highest BCUT2D eigenvalue weighted by molar-refractivity contribution is 5.56. The Labute approximate surface area is 124 Å². The first-order valence-corrected chi connectivity index (χ1v) is 7.69. The van der Waals surface area contributed by atoms with Crippen molar-refractivity contribution in [1.29, 1.82) is 0 Å². The Morgan fingerprint density at radius 3 is 2.95 bits per heavy atom. The average molecular weight is 294 g/mol. The fraction of sp³-hybridized carbons (Fsp3) is 0.625. The molecule has 2 fully saturated rings. The Balaban J connectivity index is 1.83. The van der Waals surface area contributed by atoms with Crippen LogP contribution in [0.15, 0.2) is 18.2 Å². The molecule has 1 heterocycles. The summed E-state index contributed by atoms with van der Waals surface area (Å²) in [6.45, 7) is 3.71. The molecule has 116 valence electrons. The normalized spacial score (nSPS) is 26.1. The van der Waals surface area contributed by atoms with Crippen LogP contribution in [0.25, 0.3) is 0 Å². The van der Waals surface area contributed by atoms with Gasteiger partial charge in [0.25, 0.3) is 0 Å². The van der Waals surface area contributed by atoms with Crippen molar-refractivity contribution in [3.8, 4) is 0 Å². The second-order valence-electron chi connectivity index (χ2n) is 6.04. The van der Waals surface area contributed by atoms with E-state index in [2.05, 4.69) is 5.32 Å². The molecule has 5 heteroatoms. The van der Waals surface area contributed by atoms with Crippen LogP contribution in [0.4, 0.5) is 10.1 Å². The molecule has 0 aromatic heterocycles. The first-order valence-electron chi connectivity index (χ1n) is 7.69. The molecule has 2 aliphatic rings. The van der Waals surface area contributed by atoms with Gasteiger partial charge in [-0.15, -0.1) is 0 Å². The molecule has 0 radical (unpaired) electrons. The van der Waals surface area contributed by atoms with E-state index >= 15 is 0 Å². The zero-order valence-corrected chi connectivity index (χ0v) is 12.4. The largest absolute Gasteiger partial charge is 0.394 e. The highest BCUT2D eigenvalue weighted by Gasteiger charge is 2.29. The van der Waals surface area contributed by atoms with E-state index in [0.29, 0.717) is 31.4 Å². The number of para-hydroxylation sites is 1. The van der Waals surface area contributed by atoms with Crippen molar-refractivity contribution in [2.24, 2.45) is 0 Å². The van der Waals surface area contributed by atoms with Crippen molar-refractivity contribution in [1.82, 2.24) is 5.32 Å². The Morgan fingerprint density at radius 1 is 1.43 bits per heavy atom. The summed E-state index contributed by atoms with van der Waals surface area (Å²) in [7, 11) is 0. The first-order chi connectivity index (χ1) is 10.2. The molecule has 1 aliphatic carbocycles. The van der Waals surface area contributed by atoms with Gasteiger partial charge in [-0.1, -0.05) is 12.1 Å². The van der Waals surface area contributed by atoms with Gasteiger partial charge in [0.1, 0.15) is 5.82 Å². The van der Waals surface area contributed by atoms with Crippen molar-refractivity contribution in [2.45, 2.75) is 44.5 Å². The van der Waals surface area contributed by atoms with E-state index in [1.54, 1.807) is 6.07 Å². The zero-order valence-electron chi connectivity index (χ0n) is 12.4. The third-order valence-corrected chi connectivity index (χ3v) is 4.23. The Morgan fingerprint density at radius 2 is 2.24 bits per heavy atom. The van der Waals surface area contributed by atoms with Crippen LogP contribution in [0.1, 0.15) is 25.3 Å². The van der Waals surface area contributed by atoms with Crippen LogP contribution in [-0.4, -0.2) is 43.1 Å². The third kappa shape index (κ3) is 3.36. The molecule has 3 rings (SSSR count). The van der Waals surface area contributed by atoms with E-state index < -0.39 is 0 Å². The number of aliphatic hydroxyl groups is 1. The Kier molecular flexibility index (Phi) is 4.42. The number of morpholine rings is 1. The molecule has 1 saturated carbocycles. The predicted octanol–water partition coefficient (Wildman–Crippen LogP) is 1.66. The predicted molar refractivity (Wildman–Crippen MR) is 79.9 cm³/mol. The van der Waals surface area contributed by atoms with Crippen molar-refractivity contribution >= 4 is 5.69 Å². The number of anilines is 1. The molecule has 0 amide bonds. The number of hydrogen-bond donors (Lipinski definition) is 2. The van der Waals surface area contributed by atoms with Crippen LogP contribution in [0, 0.1) is 5.82 Å². The maximum absolute atomic E-state index is 14.4. The molecule has 1 saturated heterocycles. The van der Waals surface area contributed by atoms with E-state index in [9.17, 15) is 9.50 Å². The number of ether oxygens (including phenoxy) is 1. The highest BCUT2D eigenvalue weighted by atomic mass is 19.1. The van der Waals surface area contributed by atoms with Gasteiger partial charge >= 0.3 is 0 Å². The standard InChI is InChI=1S/C16H23FN2O2/c1-11-10-21-14(9-20)8-19(11)16-12(3-2-4-15(16)17)7-18-13-5-6-13/h2-4,11,13-14,18,20H,5-10H2,1H3. The maximum atomic E-state index is 14.4. The Hall–Kier alpha value is -1.17. The molecule has 2 atom stereocenters. The fourth-order valence-electron chi connectivity index (χ4n) is 2.81. The highest BCUT2D eigenvalue weighted by Crippen LogP contribution is 2.30. The second kappa shape index (κ2) is 6.30. The number of nitrogens with zero attached hydrogens (tertiary/aromatic N) is 1. The molecule has 2 unspecified atom stereocenters. The number of halogens is 1. The summed E-state index contributed by atoms with van der Waals surface area (Å²) >= 11 is 0. The summed E-state index contributed by atoms with van der Waals surface area (Å²) in [5.74, 6) is -0.199.